The summed E-state index contributed by atoms with van der Waals surface area (Å²) in [5.41, 5.74) is 10.9. The fourth-order valence-electron chi connectivity index (χ4n) is 1.33. The second-order valence-electron chi connectivity index (χ2n) is 2.97. The lowest BCUT2D eigenvalue weighted by molar-refractivity contribution is -0.125. The molecule has 1 heterocycles. The number of nitrogens with one attached hydrogen (secondary N) is 1. The van der Waals surface area contributed by atoms with Crippen LogP contribution < -0.4 is 16.8 Å². The van der Waals surface area contributed by atoms with Crippen LogP contribution in [0.25, 0.3) is 0 Å². The lowest BCUT2D eigenvalue weighted by Crippen LogP contribution is -2.46. The number of hydrogen-bond donors (Lipinski definition) is 3. The van der Waals surface area contributed by atoms with Gasteiger partial charge in [0.15, 0.2) is 0 Å². The highest BCUT2D eigenvalue weighted by Crippen LogP contribution is 2.12. The number of amides is 1. The molecule has 1 amide bonds. The van der Waals surface area contributed by atoms with Gasteiger partial charge in [0.25, 0.3) is 0 Å². The van der Waals surface area contributed by atoms with E-state index in [9.17, 15) is 4.79 Å². The Kier molecular flexibility index (Phi) is 2.84. The van der Waals surface area contributed by atoms with E-state index in [0.29, 0.717) is 0 Å². The lowest BCUT2D eigenvalue weighted by atomic mass is 10.0. The summed E-state index contributed by atoms with van der Waals surface area (Å²) in [5, 5.41) is 2.78. The summed E-state index contributed by atoms with van der Waals surface area (Å²) < 4.78 is 0. The summed E-state index contributed by atoms with van der Waals surface area (Å²) in [5.74, 6) is -0.171. The third-order valence-electron chi connectivity index (χ3n) is 2.04. The van der Waals surface area contributed by atoms with E-state index in [0.717, 1.165) is 25.8 Å². The summed E-state index contributed by atoms with van der Waals surface area (Å²) >= 11 is 0. The maximum atomic E-state index is 11.2. The maximum Gasteiger partial charge on any atom is 0.226 e. The minimum absolute atomic E-state index is 0.0116. The summed E-state index contributed by atoms with van der Waals surface area (Å²) in [4.78, 5) is 11.2. The Labute approximate surface area is 66.3 Å². The van der Waals surface area contributed by atoms with E-state index >= 15 is 0 Å². The highest BCUT2D eigenvalue weighted by molar-refractivity contribution is 5.79. The smallest absolute Gasteiger partial charge is 0.226 e. The molecule has 1 atom stereocenters. The molecule has 0 aromatic rings. The van der Waals surface area contributed by atoms with Crippen molar-refractivity contribution >= 4 is 5.91 Å². The molecule has 1 aliphatic rings. The number of carbonyl (C=O) groups excluding carboxylic acids is 1. The first kappa shape index (κ1) is 8.49. The fraction of sp³-hybridized carbons (Fsp3) is 0.857. The Morgan fingerprint density at radius 2 is 2.18 bits per heavy atom. The fourth-order valence-corrected chi connectivity index (χ4v) is 1.33. The van der Waals surface area contributed by atoms with Crippen LogP contribution >= 0.6 is 0 Å². The molecule has 0 aromatic carbocycles. The number of rotatable bonds is 1. The second kappa shape index (κ2) is 3.69. The highest BCUT2D eigenvalue weighted by atomic mass is 16.1. The molecule has 1 rings (SSSR count). The average molecular weight is 157 g/mol. The van der Waals surface area contributed by atoms with Gasteiger partial charge in [-0.15, -0.1) is 0 Å². The Hall–Kier alpha value is -0.610. The molecule has 1 aliphatic heterocycles. The van der Waals surface area contributed by atoms with Crippen molar-refractivity contribution in [2.24, 2.45) is 17.4 Å². The first-order valence-corrected chi connectivity index (χ1v) is 4.00. The van der Waals surface area contributed by atoms with E-state index < -0.39 is 6.17 Å². The van der Waals surface area contributed by atoms with Crippen LogP contribution in [0.1, 0.15) is 19.3 Å². The average Bonchev–Trinajstić information content (AvgIpc) is 2.13. The molecule has 0 aliphatic carbocycles. The van der Waals surface area contributed by atoms with Crippen LogP contribution in [0, 0.1) is 5.92 Å². The minimum atomic E-state index is -0.506. The van der Waals surface area contributed by atoms with Crippen molar-refractivity contribution in [3.05, 3.63) is 0 Å². The number of carbonyl (C=O) groups is 1. The molecule has 11 heavy (non-hydrogen) atoms. The zero-order valence-corrected chi connectivity index (χ0v) is 6.55. The zero-order chi connectivity index (χ0) is 8.27. The second-order valence-corrected chi connectivity index (χ2v) is 2.97. The van der Waals surface area contributed by atoms with Crippen molar-refractivity contribution in [2.75, 3.05) is 6.54 Å². The van der Waals surface area contributed by atoms with Gasteiger partial charge in [-0.05, 0) is 12.8 Å². The molecule has 0 radical (unpaired) electrons. The van der Waals surface area contributed by atoms with E-state index in [2.05, 4.69) is 5.32 Å². The van der Waals surface area contributed by atoms with Crippen LogP contribution in [0.2, 0.25) is 0 Å². The van der Waals surface area contributed by atoms with Crippen molar-refractivity contribution < 1.29 is 4.79 Å². The van der Waals surface area contributed by atoms with Crippen LogP contribution in [0.15, 0.2) is 0 Å². The molecule has 0 spiro atoms. The van der Waals surface area contributed by atoms with Gasteiger partial charge in [-0.1, -0.05) is 6.42 Å². The molecular formula is C7H15N3O. The molecule has 1 fully saturated rings. The van der Waals surface area contributed by atoms with Crippen molar-refractivity contribution in [3.8, 4) is 0 Å². The van der Waals surface area contributed by atoms with E-state index in [1.807, 2.05) is 0 Å². The van der Waals surface area contributed by atoms with Gasteiger partial charge >= 0.3 is 0 Å². The third-order valence-corrected chi connectivity index (χ3v) is 2.04. The molecular weight excluding hydrogens is 142 g/mol. The first-order chi connectivity index (χ1) is 5.22. The number of hydrogen-bond acceptors (Lipinski definition) is 3. The van der Waals surface area contributed by atoms with Gasteiger partial charge in [0.1, 0.15) is 0 Å². The lowest BCUT2D eigenvalue weighted by Gasteiger charge is -2.16. The first-order valence-electron chi connectivity index (χ1n) is 4.00. The maximum absolute atomic E-state index is 11.2. The SMILES string of the molecule is NC(N)C1CCCCNC1=O. The van der Waals surface area contributed by atoms with Crippen molar-refractivity contribution in [3.63, 3.8) is 0 Å². The summed E-state index contributed by atoms with van der Waals surface area (Å²) in [6.45, 7) is 0.766. The topological polar surface area (TPSA) is 81.1 Å². The van der Waals surface area contributed by atoms with E-state index in [1.54, 1.807) is 0 Å². The normalized spacial score (nSPS) is 26.5. The quantitative estimate of drug-likeness (QED) is 0.433. The van der Waals surface area contributed by atoms with Crippen molar-refractivity contribution in [2.45, 2.75) is 25.4 Å². The molecule has 64 valence electrons. The van der Waals surface area contributed by atoms with Gasteiger partial charge in [0.05, 0.1) is 12.1 Å². The summed E-state index contributed by atoms with van der Waals surface area (Å²) in [7, 11) is 0. The van der Waals surface area contributed by atoms with E-state index in [-0.39, 0.29) is 11.8 Å². The van der Waals surface area contributed by atoms with E-state index in [1.165, 1.54) is 0 Å². The van der Waals surface area contributed by atoms with Crippen LogP contribution in [-0.4, -0.2) is 18.6 Å². The molecule has 4 nitrogen and oxygen atoms in total. The minimum Gasteiger partial charge on any atom is -0.356 e. The monoisotopic (exact) mass is 157 g/mol. The summed E-state index contributed by atoms with van der Waals surface area (Å²) in [6, 6.07) is 0. The van der Waals surface area contributed by atoms with Gasteiger partial charge in [0.2, 0.25) is 5.91 Å². The molecule has 5 N–H and O–H groups in total. The van der Waals surface area contributed by atoms with Gasteiger partial charge < -0.3 is 16.8 Å². The molecule has 0 bridgehead atoms. The van der Waals surface area contributed by atoms with Crippen LogP contribution in [-0.2, 0) is 4.79 Å². The Morgan fingerprint density at radius 1 is 1.45 bits per heavy atom. The zero-order valence-electron chi connectivity index (χ0n) is 6.55. The van der Waals surface area contributed by atoms with Gasteiger partial charge in [-0.2, -0.15) is 0 Å². The third kappa shape index (κ3) is 2.17. The molecule has 4 heteroatoms. The van der Waals surface area contributed by atoms with Crippen molar-refractivity contribution in [1.82, 2.24) is 5.32 Å². The predicted octanol–water partition coefficient (Wildman–Crippen LogP) is -0.854. The number of nitrogens with two attached hydrogens (primary N) is 2. The Bertz CT molecular complexity index is 147. The molecule has 0 saturated carbocycles. The van der Waals surface area contributed by atoms with Crippen molar-refractivity contribution in [1.29, 1.82) is 0 Å². The Morgan fingerprint density at radius 3 is 2.82 bits per heavy atom. The van der Waals surface area contributed by atoms with Gasteiger partial charge in [-0.25, -0.2) is 0 Å². The largest absolute Gasteiger partial charge is 0.356 e. The van der Waals surface area contributed by atoms with Crippen LogP contribution in [0.4, 0.5) is 0 Å². The molecule has 1 unspecified atom stereocenters. The van der Waals surface area contributed by atoms with Gasteiger partial charge in [0, 0.05) is 6.54 Å². The van der Waals surface area contributed by atoms with Gasteiger partial charge in [-0.3, -0.25) is 4.79 Å². The summed E-state index contributed by atoms with van der Waals surface area (Å²) in [6.07, 6.45) is 2.39. The van der Waals surface area contributed by atoms with Crippen LogP contribution in [0.5, 0.6) is 0 Å². The predicted molar refractivity (Wildman–Crippen MR) is 42.5 cm³/mol. The molecule has 1 saturated heterocycles. The standard InChI is InChI=1S/C7H15N3O/c8-6(9)5-3-1-2-4-10-7(5)11/h5-6H,1-4,8-9H2,(H,10,11). The molecule has 0 aromatic heterocycles. The van der Waals surface area contributed by atoms with E-state index in [4.69, 9.17) is 11.5 Å². The highest BCUT2D eigenvalue weighted by Gasteiger charge is 2.23. The van der Waals surface area contributed by atoms with Crippen LogP contribution in [0.3, 0.4) is 0 Å². The Balaban J connectivity index is 2.52.